The monoisotopic (exact) mass is 355 g/mol. The van der Waals surface area contributed by atoms with Crippen LogP contribution in [0.15, 0.2) is 79.1 Å². The van der Waals surface area contributed by atoms with Crippen LogP contribution in [0.2, 0.25) is 0 Å². The summed E-state index contributed by atoms with van der Waals surface area (Å²) in [4.78, 5) is 16.9. The molecule has 27 heavy (non-hydrogen) atoms. The second-order valence-electron chi connectivity index (χ2n) is 6.16. The third-order valence-electron chi connectivity index (χ3n) is 4.23. The van der Waals surface area contributed by atoms with Crippen molar-refractivity contribution >= 4 is 16.7 Å². The van der Waals surface area contributed by atoms with E-state index in [1.165, 1.54) is 0 Å². The number of nitrogens with zero attached hydrogens (tertiary/aromatic N) is 3. The number of hydrogen-bond acceptors (Lipinski definition) is 5. The first-order valence-electron chi connectivity index (χ1n) is 8.64. The Morgan fingerprint density at radius 1 is 0.889 bits per heavy atom. The Labute approximate surface area is 156 Å². The van der Waals surface area contributed by atoms with E-state index in [9.17, 15) is 4.79 Å². The summed E-state index contributed by atoms with van der Waals surface area (Å²) >= 11 is 0. The second kappa shape index (κ2) is 7.74. The van der Waals surface area contributed by atoms with Gasteiger partial charge in [-0.2, -0.15) is 10.2 Å². The molecular weight excluding hydrogens is 338 g/mol. The van der Waals surface area contributed by atoms with Crippen LogP contribution in [0.4, 0.5) is 0 Å². The van der Waals surface area contributed by atoms with Gasteiger partial charge in [0.25, 0.3) is 0 Å². The van der Waals surface area contributed by atoms with E-state index in [2.05, 4.69) is 15.2 Å². The van der Waals surface area contributed by atoms with Crippen LogP contribution >= 0.6 is 0 Å². The number of aromatic nitrogens is 3. The number of para-hydroxylation sites is 1. The smallest absolute Gasteiger partial charge is 0.167 e. The Morgan fingerprint density at radius 2 is 1.74 bits per heavy atom. The zero-order chi connectivity index (χ0) is 18.5. The number of carbonyl (C=O) groups excluding carboxylic acids is 1. The highest BCUT2D eigenvalue weighted by Gasteiger charge is 2.08. The molecule has 0 saturated carbocycles. The normalized spacial score (nSPS) is 10.7. The molecule has 2 aromatic carbocycles. The first kappa shape index (κ1) is 16.8. The van der Waals surface area contributed by atoms with Crippen LogP contribution in [0.3, 0.4) is 0 Å². The van der Waals surface area contributed by atoms with Crippen LogP contribution in [0.1, 0.15) is 21.6 Å². The number of carbonyl (C=O) groups is 1. The average Bonchev–Trinajstić information content (AvgIpc) is 2.73. The summed E-state index contributed by atoms with van der Waals surface area (Å²) in [6, 6.07) is 20.9. The predicted octanol–water partition coefficient (Wildman–Crippen LogP) is 4.03. The van der Waals surface area contributed by atoms with E-state index >= 15 is 0 Å². The molecule has 4 rings (SSSR count). The maximum atomic E-state index is 12.3. The number of fused-ring (bicyclic) bond motifs is 1. The third-order valence-corrected chi connectivity index (χ3v) is 4.23. The highest BCUT2D eigenvalue weighted by molar-refractivity contribution is 5.97. The lowest BCUT2D eigenvalue weighted by molar-refractivity contribution is 0.0993. The largest absolute Gasteiger partial charge is 0.487 e. The number of ketones is 1. The molecule has 2 aromatic heterocycles. The van der Waals surface area contributed by atoms with E-state index in [1.807, 2.05) is 36.4 Å². The lowest BCUT2D eigenvalue weighted by atomic mass is 10.0. The fraction of sp³-hybridized carbons (Fsp3) is 0.0909. The van der Waals surface area contributed by atoms with Crippen molar-refractivity contribution in [3.8, 4) is 5.75 Å². The lowest BCUT2D eigenvalue weighted by Crippen LogP contribution is -2.04. The zero-order valence-electron chi connectivity index (χ0n) is 14.6. The topological polar surface area (TPSA) is 65.0 Å². The molecule has 5 heteroatoms. The summed E-state index contributed by atoms with van der Waals surface area (Å²) in [7, 11) is 0. The van der Waals surface area contributed by atoms with Crippen molar-refractivity contribution in [2.75, 3.05) is 0 Å². The summed E-state index contributed by atoms with van der Waals surface area (Å²) in [5.41, 5.74) is 3.30. The van der Waals surface area contributed by atoms with Gasteiger partial charge in [0.05, 0.1) is 17.4 Å². The Balaban J connectivity index is 1.39. The Morgan fingerprint density at radius 3 is 2.56 bits per heavy atom. The summed E-state index contributed by atoms with van der Waals surface area (Å²) in [5.74, 6) is 0.734. The van der Waals surface area contributed by atoms with Gasteiger partial charge in [-0.3, -0.25) is 4.79 Å². The molecule has 0 aliphatic carbocycles. The number of benzene rings is 2. The van der Waals surface area contributed by atoms with E-state index in [-0.39, 0.29) is 5.78 Å². The van der Waals surface area contributed by atoms with Gasteiger partial charge in [-0.15, -0.1) is 0 Å². The molecular formula is C22H17N3O2. The van der Waals surface area contributed by atoms with Gasteiger partial charge in [0.1, 0.15) is 12.4 Å². The molecule has 0 N–H and O–H groups in total. The van der Waals surface area contributed by atoms with Crippen molar-refractivity contribution in [1.82, 2.24) is 15.2 Å². The molecule has 4 aromatic rings. The van der Waals surface area contributed by atoms with Gasteiger partial charge in [-0.25, -0.2) is 4.98 Å². The van der Waals surface area contributed by atoms with Crippen LogP contribution in [0.5, 0.6) is 5.75 Å². The number of Topliss-reactive ketones (excluding diaryl/α,β-unsaturated/α-hetero) is 1. The summed E-state index contributed by atoms with van der Waals surface area (Å²) in [6.07, 6.45) is 3.49. The van der Waals surface area contributed by atoms with Gasteiger partial charge < -0.3 is 4.74 Å². The molecule has 0 fully saturated rings. The predicted molar refractivity (Wildman–Crippen MR) is 103 cm³/mol. The molecule has 0 radical (unpaired) electrons. The maximum Gasteiger partial charge on any atom is 0.167 e. The van der Waals surface area contributed by atoms with Crippen LogP contribution in [0, 0.1) is 0 Å². The van der Waals surface area contributed by atoms with Crippen molar-refractivity contribution in [3.63, 3.8) is 0 Å². The van der Waals surface area contributed by atoms with Crippen molar-refractivity contribution in [2.45, 2.75) is 13.0 Å². The summed E-state index contributed by atoms with van der Waals surface area (Å²) in [6.45, 7) is 0.376. The van der Waals surface area contributed by atoms with Gasteiger partial charge in [-0.1, -0.05) is 24.3 Å². The van der Waals surface area contributed by atoms with E-state index in [0.717, 1.165) is 22.2 Å². The molecule has 0 amide bonds. The average molecular weight is 355 g/mol. The minimum absolute atomic E-state index is 0.0331. The molecule has 0 unspecified atom stereocenters. The minimum atomic E-state index is 0.0331. The number of pyridine rings is 1. The molecule has 132 valence electrons. The van der Waals surface area contributed by atoms with Crippen molar-refractivity contribution in [2.24, 2.45) is 0 Å². The molecule has 0 saturated heterocycles. The fourth-order valence-corrected chi connectivity index (χ4v) is 2.79. The Kier molecular flexibility index (Phi) is 4.83. The summed E-state index contributed by atoms with van der Waals surface area (Å²) in [5, 5.41) is 8.61. The number of hydrogen-bond donors (Lipinski definition) is 0. The summed E-state index contributed by atoms with van der Waals surface area (Å²) < 4.78 is 5.80. The Bertz CT molecular complexity index is 1060. The number of rotatable bonds is 6. The first-order valence-corrected chi connectivity index (χ1v) is 8.64. The molecule has 2 heterocycles. The molecule has 5 nitrogen and oxygen atoms in total. The van der Waals surface area contributed by atoms with E-state index in [4.69, 9.17) is 4.74 Å². The minimum Gasteiger partial charge on any atom is -0.487 e. The highest BCUT2D eigenvalue weighted by Crippen LogP contribution is 2.17. The molecule has 0 bridgehead atoms. The molecule has 0 spiro atoms. The van der Waals surface area contributed by atoms with Crippen molar-refractivity contribution in [3.05, 3.63) is 95.9 Å². The Hall–Kier alpha value is -3.60. The lowest BCUT2D eigenvalue weighted by Gasteiger charge is -2.08. The van der Waals surface area contributed by atoms with Crippen LogP contribution < -0.4 is 4.74 Å². The molecule has 0 aliphatic rings. The van der Waals surface area contributed by atoms with E-state index < -0.39 is 0 Å². The zero-order valence-corrected chi connectivity index (χ0v) is 14.6. The van der Waals surface area contributed by atoms with Gasteiger partial charge in [0, 0.05) is 23.6 Å². The molecule has 0 aliphatic heterocycles. The van der Waals surface area contributed by atoms with Gasteiger partial charge in [0.15, 0.2) is 5.78 Å². The van der Waals surface area contributed by atoms with Gasteiger partial charge >= 0.3 is 0 Å². The second-order valence-corrected chi connectivity index (χ2v) is 6.16. The highest BCUT2D eigenvalue weighted by atomic mass is 16.5. The molecule has 0 atom stereocenters. The fourth-order valence-electron chi connectivity index (χ4n) is 2.79. The van der Waals surface area contributed by atoms with Gasteiger partial charge in [0.2, 0.25) is 0 Å². The van der Waals surface area contributed by atoms with Crippen LogP contribution in [-0.2, 0) is 13.0 Å². The first-order chi connectivity index (χ1) is 13.3. The maximum absolute atomic E-state index is 12.3. The van der Waals surface area contributed by atoms with Crippen LogP contribution in [0.25, 0.3) is 10.9 Å². The van der Waals surface area contributed by atoms with Crippen molar-refractivity contribution in [1.29, 1.82) is 0 Å². The third kappa shape index (κ3) is 4.15. The number of ether oxygens (including phenoxy) is 1. The quantitative estimate of drug-likeness (QED) is 0.489. The van der Waals surface area contributed by atoms with Crippen LogP contribution in [-0.4, -0.2) is 21.0 Å². The van der Waals surface area contributed by atoms with E-state index in [1.54, 1.807) is 42.7 Å². The standard InChI is InChI=1S/C22H17N3O2/c26-22(13-16-11-12-23-24-14-16)18-6-9-20(10-7-18)27-15-19-8-5-17-3-1-2-4-21(17)25-19/h1-12,14H,13,15H2. The SMILES string of the molecule is O=C(Cc1ccnnc1)c1ccc(OCc2ccc3ccccc3n2)cc1. The van der Waals surface area contributed by atoms with Gasteiger partial charge in [-0.05, 0) is 48.0 Å². The van der Waals surface area contributed by atoms with Crippen molar-refractivity contribution < 1.29 is 9.53 Å². The van der Waals surface area contributed by atoms with E-state index in [0.29, 0.717) is 24.3 Å².